The molecule has 0 aliphatic rings. The first kappa shape index (κ1) is 71.2. The number of unbranched alkanes of at least 4 members (excludes halogenated alkanes) is 49. The lowest BCUT2D eigenvalue weighted by Gasteiger charge is -2.18. The smallest absolute Gasteiger partial charge is 0.306 e. The normalized spacial score (nSPS) is 12.0. The molecule has 0 unspecified atom stereocenters. The van der Waals surface area contributed by atoms with Crippen molar-refractivity contribution in [1.82, 2.24) is 0 Å². The van der Waals surface area contributed by atoms with Crippen molar-refractivity contribution in [2.24, 2.45) is 0 Å². The van der Waals surface area contributed by atoms with E-state index in [-0.39, 0.29) is 31.1 Å². The summed E-state index contributed by atoms with van der Waals surface area (Å²) in [6, 6.07) is 0. The van der Waals surface area contributed by atoms with Gasteiger partial charge in [0, 0.05) is 19.3 Å². The van der Waals surface area contributed by atoms with Crippen molar-refractivity contribution in [3.63, 3.8) is 0 Å². The maximum absolute atomic E-state index is 12.9. The van der Waals surface area contributed by atoms with Gasteiger partial charge in [0.2, 0.25) is 0 Å². The van der Waals surface area contributed by atoms with Crippen molar-refractivity contribution >= 4 is 17.9 Å². The Labute approximate surface area is 456 Å². The molecule has 432 valence electrons. The molecule has 0 radical (unpaired) electrons. The monoisotopic (exact) mass is 1030 g/mol. The minimum absolute atomic E-state index is 0.0644. The van der Waals surface area contributed by atoms with E-state index in [9.17, 15) is 14.4 Å². The molecule has 73 heavy (non-hydrogen) atoms. The van der Waals surface area contributed by atoms with Gasteiger partial charge in [-0.15, -0.1) is 0 Å². The fourth-order valence-electron chi connectivity index (χ4n) is 10.3. The minimum Gasteiger partial charge on any atom is -0.462 e. The standard InChI is InChI=1S/C67H128O6/c1-4-7-10-13-16-19-22-25-28-31-32-33-34-37-39-42-45-48-51-54-57-60-66(69)72-63-64(73-67(70)61-58-55-52-49-46-43-40-36-30-27-24-21-18-15-12-9-6-3)62-71-65(68)59-56-53-50-47-44-41-38-35-29-26-23-20-17-14-11-8-5-2/h26,29,64H,4-25,27-28,30-63H2,1-3H3/b29-26-/t64-/m1/s1. The maximum Gasteiger partial charge on any atom is 0.306 e. The highest BCUT2D eigenvalue weighted by Crippen LogP contribution is 2.18. The van der Waals surface area contributed by atoms with E-state index in [1.807, 2.05) is 0 Å². The minimum atomic E-state index is -0.767. The number of esters is 3. The highest BCUT2D eigenvalue weighted by atomic mass is 16.6. The lowest BCUT2D eigenvalue weighted by molar-refractivity contribution is -0.167. The number of hydrogen-bond donors (Lipinski definition) is 0. The van der Waals surface area contributed by atoms with Gasteiger partial charge >= 0.3 is 17.9 Å². The molecule has 0 rings (SSSR count). The van der Waals surface area contributed by atoms with Crippen LogP contribution in [0.1, 0.15) is 380 Å². The van der Waals surface area contributed by atoms with Crippen LogP contribution in [0.3, 0.4) is 0 Å². The first-order valence-electron chi connectivity index (χ1n) is 33.2. The molecule has 0 N–H and O–H groups in total. The largest absolute Gasteiger partial charge is 0.462 e. The van der Waals surface area contributed by atoms with Crippen LogP contribution in [0.25, 0.3) is 0 Å². The fraction of sp³-hybridized carbons (Fsp3) is 0.925. The number of hydrogen-bond acceptors (Lipinski definition) is 6. The second-order valence-corrected chi connectivity index (χ2v) is 22.7. The predicted molar refractivity (Wildman–Crippen MR) is 317 cm³/mol. The molecule has 0 saturated heterocycles. The fourth-order valence-corrected chi connectivity index (χ4v) is 10.3. The van der Waals surface area contributed by atoms with E-state index in [0.717, 1.165) is 57.8 Å². The highest BCUT2D eigenvalue weighted by Gasteiger charge is 2.19. The molecule has 0 saturated carbocycles. The number of ether oxygens (including phenoxy) is 3. The first-order valence-corrected chi connectivity index (χ1v) is 33.2. The Balaban J connectivity index is 4.28. The van der Waals surface area contributed by atoms with Crippen LogP contribution in [0.5, 0.6) is 0 Å². The van der Waals surface area contributed by atoms with Crippen molar-refractivity contribution in [1.29, 1.82) is 0 Å². The molecule has 0 aromatic carbocycles. The average molecular weight is 1030 g/mol. The van der Waals surface area contributed by atoms with E-state index in [1.54, 1.807) is 0 Å². The summed E-state index contributed by atoms with van der Waals surface area (Å²) in [5.74, 6) is -0.835. The van der Waals surface area contributed by atoms with E-state index in [4.69, 9.17) is 14.2 Å². The van der Waals surface area contributed by atoms with Gasteiger partial charge in [0.25, 0.3) is 0 Å². The molecular weight excluding hydrogens is 901 g/mol. The third-order valence-corrected chi connectivity index (χ3v) is 15.3. The van der Waals surface area contributed by atoms with Crippen molar-refractivity contribution in [2.45, 2.75) is 386 Å². The number of allylic oxidation sites excluding steroid dienone is 2. The Hall–Kier alpha value is -1.85. The summed E-state index contributed by atoms with van der Waals surface area (Å²) in [5, 5.41) is 0. The van der Waals surface area contributed by atoms with E-state index >= 15 is 0 Å². The predicted octanol–water partition coefficient (Wildman–Crippen LogP) is 22.4. The molecular formula is C67H128O6. The Bertz CT molecular complexity index is 1130. The lowest BCUT2D eigenvalue weighted by Crippen LogP contribution is -2.30. The van der Waals surface area contributed by atoms with Crippen LogP contribution in [0, 0.1) is 0 Å². The Kier molecular flexibility index (Phi) is 61.1. The van der Waals surface area contributed by atoms with Gasteiger partial charge in [-0.2, -0.15) is 0 Å². The number of carbonyl (C=O) groups is 3. The summed E-state index contributed by atoms with van der Waals surface area (Å²) in [6.45, 7) is 6.72. The highest BCUT2D eigenvalue weighted by molar-refractivity contribution is 5.71. The van der Waals surface area contributed by atoms with Gasteiger partial charge < -0.3 is 14.2 Å². The van der Waals surface area contributed by atoms with Crippen LogP contribution in [0.15, 0.2) is 12.2 Å². The third kappa shape index (κ3) is 60.9. The SMILES string of the molecule is CCCCCCCC/C=C\CCCCCCCCCC(=O)OC[C@H](COC(=O)CCCCCCCCCCCCCCCCCCCCCCC)OC(=O)CCCCCCCCCCCCCCCCCCC. The van der Waals surface area contributed by atoms with E-state index in [0.29, 0.717) is 19.3 Å². The number of carbonyl (C=O) groups excluding carboxylic acids is 3. The molecule has 0 bridgehead atoms. The van der Waals surface area contributed by atoms with Gasteiger partial charge in [0.15, 0.2) is 6.10 Å². The summed E-state index contributed by atoms with van der Waals surface area (Å²) < 4.78 is 17.0. The Morgan fingerprint density at radius 1 is 0.260 bits per heavy atom. The zero-order valence-corrected chi connectivity index (χ0v) is 49.7. The van der Waals surface area contributed by atoms with Crippen LogP contribution < -0.4 is 0 Å². The Morgan fingerprint density at radius 3 is 0.685 bits per heavy atom. The summed E-state index contributed by atoms with van der Waals surface area (Å²) in [7, 11) is 0. The van der Waals surface area contributed by atoms with E-state index < -0.39 is 6.10 Å². The Morgan fingerprint density at radius 2 is 0.452 bits per heavy atom. The number of rotatable bonds is 62. The van der Waals surface area contributed by atoms with Gasteiger partial charge in [0.1, 0.15) is 13.2 Å². The van der Waals surface area contributed by atoms with Gasteiger partial charge in [0.05, 0.1) is 0 Å². The van der Waals surface area contributed by atoms with Crippen molar-refractivity contribution in [3.05, 3.63) is 12.2 Å². The van der Waals surface area contributed by atoms with E-state index in [1.165, 1.54) is 283 Å². The van der Waals surface area contributed by atoms with Crippen LogP contribution in [-0.4, -0.2) is 37.2 Å². The summed E-state index contributed by atoms with van der Waals surface area (Å²) in [6.07, 6.45) is 73.6. The quantitative estimate of drug-likeness (QED) is 0.0261. The van der Waals surface area contributed by atoms with Crippen molar-refractivity contribution in [2.75, 3.05) is 13.2 Å². The molecule has 6 nitrogen and oxygen atoms in total. The molecule has 0 aromatic rings. The molecule has 1 atom stereocenters. The molecule has 0 fully saturated rings. The van der Waals surface area contributed by atoms with Crippen LogP contribution in [0.4, 0.5) is 0 Å². The van der Waals surface area contributed by atoms with Crippen molar-refractivity contribution < 1.29 is 28.6 Å². The van der Waals surface area contributed by atoms with Crippen LogP contribution in [0.2, 0.25) is 0 Å². The molecule has 0 heterocycles. The molecule has 0 aromatic heterocycles. The van der Waals surface area contributed by atoms with Gasteiger partial charge in [-0.05, 0) is 44.9 Å². The maximum atomic E-state index is 12.9. The van der Waals surface area contributed by atoms with Crippen LogP contribution >= 0.6 is 0 Å². The molecule has 0 aliphatic carbocycles. The summed E-state index contributed by atoms with van der Waals surface area (Å²) >= 11 is 0. The van der Waals surface area contributed by atoms with Crippen molar-refractivity contribution in [3.8, 4) is 0 Å². The topological polar surface area (TPSA) is 78.9 Å². The zero-order valence-electron chi connectivity index (χ0n) is 49.7. The summed E-state index contributed by atoms with van der Waals surface area (Å²) in [4.78, 5) is 38.4. The van der Waals surface area contributed by atoms with Gasteiger partial charge in [-0.1, -0.05) is 328 Å². The second kappa shape index (κ2) is 62.7. The van der Waals surface area contributed by atoms with Gasteiger partial charge in [-0.3, -0.25) is 14.4 Å². The molecule has 0 spiro atoms. The molecule has 0 aliphatic heterocycles. The van der Waals surface area contributed by atoms with Gasteiger partial charge in [-0.25, -0.2) is 0 Å². The first-order chi connectivity index (χ1) is 36.0. The van der Waals surface area contributed by atoms with Crippen LogP contribution in [-0.2, 0) is 28.6 Å². The third-order valence-electron chi connectivity index (χ3n) is 15.3. The lowest BCUT2D eigenvalue weighted by atomic mass is 10.0. The second-order valence-electron chi connectivity index (χ2n) is 22.7. The zero-order chi connectivity index (χ0) is 52.9. The molecule has 6 heteroatoms. The van der Waals surface area contributed by atoms with E-state index in [2.05, 4.69) is 32.9 Å². The summed E-state index contributed by atoms with van der Waals surface area (Å²) in [5.41, 5.74) is 0. The molecule has 0 amide bonds. The average Bonchev–Trinajstić information content (AvgIpc) is 3.39.